The fraction of sp³-hybridized carbons (Fsp3) is 0.480. The first kappa shape index (κ1) is 23.6. The molecule has 2 aliphatic rings. The molecule has 1 aliphatic carbocycles. The smallest absolute Gasteiger partial charge is 0.337 e. The van der Waals surface area contributed by atoms with Gasteiger partial charge in [-0.3, -0.25) is 9.59 Å². The Bertz CT molecular complexity index is 973. The zero-order valence-corrected chi connectivity index (χ0v) is 19.5. The molecule has 1 N–H and O–H groups in total. The summed E-state index contributed by atoms with van der Waals surface area (Å²) in [6.45, 7) is 9.66. The summed E-state index contributed by atoms with van der Waals surface area (Å²) < 4.78 is 16.0. The Hall–Kier alpha value is -3.09. The lowest BCUT2D eigenvalue weighted by atomic mass is 9.69. The molecule has 7 nitrogen and oxygen atoms in total. The quantitative estimate of drug-likeness (QED) is 0.532. The molecule has 0 saturated carbocycles. The monoisotopic (exact) mass is 441 g/mol. The summed E-state index contributed by atoms with van der Waals surface area (Å²) in [4.78, 5) is 39.2. The largest absolute Gasteiger partial charge is 0.494 e. The lowest BCUT2D eigenvalue weighted by molar-refractivity contribution is -0.151. The molecule has 1 aromatic rings. The second-order valence-corrected chi connectivity index (χ2v) is 8.49. The average molecular weight is 442 g/mol. The summed E-state index contributed by atoms with van der Waals surface area (Å²) in [5.74, 6) is -2.46. The van der Waals surface area contributed by atoms with E-state index in [-0.39, 0.29) is 17.8 Å². The molecule has 1 aromatic carbocycles. The highest BCUT2D eigenvalue weighted by Gasteiger charge is 2.47. The summed E-state index contributed by atoms with van der Waals surface area (Å²) in [7, 11) is 1.28. The number of esters is 2. The maximum atomic E-state index is 13.6. The Kier molecular flexibility index (Phi) is 7.06. The van der Waals surface area contributed by atoms with Crippen molar-refractivity contribution in [3.05, 3.63) is 52.4 Å². The molecule has 0 amide bonds. The highest BCUT2D eigenvalue weighted by Crippen LogP contribution is 2.45. The first-order valence-electron chi connectivity index (χ1n) is 11.0. The Morgan fingerprint density at radius 1 is 1.19 bits per heavy atom. The van der Waals surface area contributed by atoms with Crippen LogP contribution in [-0.4, -0.2) is 37.5 Å². The van der Waals surface area contributed by atoms with E-state index in [4.69, 9.17) is 14.2 Å². The van der Waals surface area contributed by atoms with E-state index in [2.05, 4.69) is 5.32 Å². The van der Waals surface area contributed by atoms with E-state index < -0.39 is 23.8 Å². The van der Waals surface area contributed by atoms with Crippen LogP contribution in [0.2, 0.25) is 0 Å². The minimum absolute atomic E-state index is 0.223. The van der Waals surface area contributed by atoms with Gasteiger partial charge in [-0.2, -0.15) is 0 Å². The molecule has 0 spiro atoms. The van der Waals surface area contributed by atoms with Gasteiger partial charge in [0.05, 0.1) is 25.4 Å². The van der Waals surface area contributed by atoms with E-state index in [9.17, 15) is 14.4 Å². The van der Waals surface area contributed by atoms with Crippen molar-refractivity contribution in [2.45, 2.75) is 53.1 Å². The molecule has 0 unspecified atom stereocenters. The van der Waals surface area contributed by atoms with E-state index in [1.807, 2.05) is 45.0 Å². The molecule has 172 valence electrons. The van der Waals surface area contributed by atoms with E-state index in [1.165, 1.54) is 7.11 Å². The van der Waals surface area contributed by atoms with Gasteiger partial charge in [0, 0.05) is 22.9 Å². The van der Waals surface area contributed by atoms with E-state index in [0.29, 0.717) is 35.6 Å². The second-order valence-electron chi connectivity index (χ2n) is 8.49. The number of nitrogens with one attached hydrogen (secondary N) is 1. The minimum Gasteiger partial charge on any atom is -0.494 e. The van der Waals surface area contributed by atoms with Crippen LogP contribution in [-0.2, 0) is 23.9 Å². The first-order valence-corrected chi connectivity index (χ1v) is 11.0. The summed E-state index contributed by atoms with van der Waals surface area (Å²) >= 11 is 0. The summed E-state index contributed by atoms with van der Waals surface area (Å²) in [6.07, 6.45) is 0.183. The van der Waals surface area contributed by atoms with Gasteiger partial charge in [-0.05, 0) is 57.7 Å². The molecule has 0 aromatic heterocycles. The SMILES string of the molecule is CCOc1ccc([C@@H]2C(C(=O)OC(C)C)=C(C)NC3=C2C(=O)[C@@H](C(=O)OC)[C@@H](C)C3)cc1. The third-order valence-corrected chi connectivity index (χ3v) is 5.83. The van der Waals surface area contributed by atoms with E-state index in [1.54, 1.807) is 13.8 Å². The van der Waals surface area contributed by atoms with Crippen LogP contribution in [0, 0.1) is 11.8 Å². The lowest BCUT2D eigenvalue weighted by Gasteiger charge is -2.38. The molecule has 0 fully saturated rings. The number of hydrogen-bond acceptors (Lipinski definition) is 7. The van der Waals surface area contributed by atoms with Crippen LogP contribution in [0.5, 0.6) is 5.75 Å². The van der Waals surface area contributed by atoms with Crippen LogP contribution in [0.25, 0.3) is 0 Å². The van der Waals surface area contributed by atoms with Gasteiger partial charge in [-0.25, -0.2) is 4.79 Å². The first-order chi connectivity index (χ1) is 15.2. The fourth-order valence-electron chi connectivity index (χ4n) is 4.49. The third kappa shape index (κ3) is 4.42. The number of hydrogen-bond donors (Lipinski definition) is 1. The van der Waals surface area contributed by atoms with Crippen molar-refractivity contribution in [3.8, 4) is 5.75 Å². The number of rotatable bonds is 6. The van der Waals surface area contributed by atoms with E-state index >= 15 is 0 Å². The molecule has 0 saturated heterocycles. The Morgan fingerprint density at radius 2 is 1.84 bits per heavy atom. The highest BCUT2D eigenvalue weighted by molar-refractivity contribution is 6.12. The topological polar surface area (TPSA) is 90.9 Å². The number of benzene rings is 1. The molecule has 7 heteroatoms. The zero-order valence-electron chi connectivity index (χ0n) is 19.5. The summed E-state index contributed by atoms with van der Waals surface area (Å²) in [6, 6.07) is 7.32. The molecule has 1 heterocycles. The number of carbonyl (C=O) groups is 3. The maximum Gasteiger partial charge on any atom is 0.337 e. The van der Waals surface area contributed by atoms with Crippen LogP contribution in [0.1, 0.15) is 52.5 Å². The summed E-state index contributed by atoms with van der Waals surface area (Å²) in [5, 5.41) is 3.25. The van der Waals surface area contributed by atoms with Crippen molar-refractivity contribution < 1.29 is 28.6 Å². The van der Waals surface area contributed by atoms with Gasteiger partial charge >= 0.3 is 11.9 Å². The second kappa shape index (κ2) is 9.59. The molecule has 3 atom stereocenters. The summed E-state index contributed by atoms with van der Waals surface area (Å²) in [5.41, 5.74) is 2.92. The normalized spacial score (nSPS) is 23.0. The van der Waals surface area contributed by atoms with Gasteiger partial charge < -0.3 is 19.5 Å². The van der Waals surface area contributed by atoms with Crippen LogP contribution in [0.4, 0.5) is 0 Å². The molecule has 0 radical (unpaired) electrons. The van der Waals surface area contributed by atoms with Gasteiger partial charge in [0.25, 0.3) is 0 Å². The molecule has 1 aliphatic heterocycles. The fourth-order valence-corrected chi connectivity index (χ4v) is 4.49. The Labute approximate surface area is 188 Å². The molecule has 32 heavy (non-hydrogen) atoms. The van der Waals surface area contributed by atoms with Crippen molar-refractivity contribution in [2.24, 2.45) is 11.8 Å². The predicted molar refractivity (Wildman–Crippen MR) is 119 cm³/mol. The third-order valence-electron chi connectivity index (χ3n) is 5.83. The number of ketones is 1. The highest BCUT2D eigenvalue weighted by atomic mass is 16.5. The van der Waals surface area contributed by atoms with Crippen molar-refractivity contribution >= 4 is 17.7 Å². The maximum absolute atomic E-state index is 13.6. The number of dihydropyridines is 1. The standard InChI is InChI=1S/C25H31NO6/c1-7-31-17-10-8-16(9-11-17)21-20(25(29)32-13(2)3)15(5)26-18-12-14(4)19(24(28)30-6)23(27)22(18)21/h8-11,13-14,19,21,26H,7,12H2,1-6H3/t14-,19-,21+/m0/s1. The number of Topliss-reactive ketones (excluding diaryl/α,β-unsaturated/α-hetero) is 1. The van der Waals surface area contributed by atoms with Gasteiger partial charge in [-0.1, -0.05) is 19.1 Å². The molecule has 3 rings (SSSR count). The van der Waals surface area contributed by atoms with Gasteiger partial charge in [0.1, 0.15) is 11.7 Å². The Morgan fingerprint density at radius 3 is 2.41 bits per heavy atom. The van der Waals surface area contributed by atoms with Crippen molar-refractivity contribution in [1.29, 1.82) is 0 Å². The number of carbonyl (C=O) groups excluding carboxylic acids is 3. The van der Waals surface area contributed by atoms with Gasteiger partial charge in [0.2, 0.25) is 0 Å². The number of allylic oxidation sites excluding steroid dienone is 3. The van der Waals surface area contributed by atoms with Crippen LogP contribution >= 0.6 is 0 Å². The molecule has 0 bridgehead atoms. The average Bonchev–Trinajstić information content (AvgIpc) is 2.72. The molecular formula is C25H31NO6. The van der Waals surface area contributed by atoms with Crippen LogP contribution in [0.3, 0.4) is 0 Å². The van der Waals surface area contributed by atoms with E-state index in [0.717, 1.165) is 11.3 Å². The van der Waals surface area contributed by atoms with Crippen molar-refractivity contribution in [1.82, 2.24) is 5.32 Å². The van der Waals surface area contributed by atoms with Gasteiger partial charge in [0.15, 0.2) is 5.78 Å². The van der Waals surface area contributed by atoms with Crippen molar-refractivity contribution in [3.63, 3.8) is 0 Å². The Balaban J connectivity index is 2.15. The molecular weight excluding hydrogens is 410 g/mol. The number of ether oxygens (including phenoxy) is 3. The number of methoxy groups -OCH3 is 1. The van der Waals surface area contributed by atoms with Crippen LogP contribution < -0.4 is 10.1 Å². The van der Waals surface area contributed by atoms with Crippen molar-refractivity contribution in [2.75, 3.05) is 13.7 Å². The van der Waals surface area contributed by atoms with Gasteiger partial charge in [-0.15, -0.1) is 0 Å². The lowest BCUT2D eigenvalue weighted by Crippen LogP contribution is -2.43. The zero-order chi connectivity index (χ0) is 23.6. The van der Waals surface area contributed by atoms with Crippen LogP contribution in [0.15, 0.2) is 46.8 Å². The minimum atomic E-state index is -0.911. The predicted octanol–water partition coefficient (Wildman–Crippen LogP) is 3.65.